The van der Waals surface area contributed by atoms with E-state index in [9.17, 15) is 14.4 Å². The summed E-state index contributed by atoms with van der Waals surface area (Å²) in [6, 6.07) is 0. The van der Waals surface area contributed by atoms with Crippen molar-refractivity contribution in [2.24, 2.45) is 0 Å². The number of esters is 3. The molecule has 0 saturated carbocycles. The van der Waals surface area contributed by atoms with Crippen molar-refractivity contribution in [3.05, 3.63) is 36.5 Å². The summed E-state index contributed by atoms with van der Waals surface area (Å²) >= 11 is 0. The lowest BCUT2D eigenvalue weighted by molar-refractivity contribution is -0.167. The second kappa shape index (κ2) is 67.1. The number of rotatable bonds is 65. The minimum atomic E-state index is -0.775. The Kier molecular flexibility index (Phi) is 65.1. The van der Waals surface area contributed by atoms with E-state index in [2.05, 4.69) is 57.2 Å². The highest BCUT2D eigenvalue weighted by atomic mass is 16.6. The molecule has 0 saturated heterocycles. The Balaban J connectivity index is 3.95. The van der Waals surface area contributed by atoms with Crippen LogP contribution < -0.4 is 0 Å². The average Bonchev–Trinajstić information content (AvgIpc) is 3.44. The fourth-order valence-corrected chi connectivity index (χ4v) is 10.6. The third-order valence-corrected chi connectivity index (χ3v) is 15.9. The molecule has 0 N–H and O–H groups in total. The Morgan fingerprint density at radius 3 is 0.744 bits per heavy atom. The number of hydrogen-bond donors (Lipinski definition) is 0. The molecule has 78 heavy (non-hydrogen) atoms. The van der Waals surface area contributed by atoms with E-state index in [0.29, 0.717) is 19.3 Å². The molecule has 6 heteroatoms. The van der Waals surface area contributed by atoms with Gasteiger partial charge in [-0.3, -0.25) is 14.4 Å². The molecule has 0 radical (unpaired) electrons. The Morgan fingerprint density at radius 1 is 0.256 bits per heavy atom. The first-order valence-corrected chi connectivity index (χ1v) is 35.0. The van der Waals surface area contributed by atoms with E-state index in [1.165, 1.54) is 270 Å². The quantitative estimate of drug-likeness (QED) is 0.0261. The lowest BCUT2D eigenvalue weighted by atomic mass is 10.0. The van der Waals surface area contributed by atoms with Crippen molar-refractivity contribution in [1.82, 2.24) is 0 Å². The second-order valence-electron chi connectivity index (χ2n) is 23.8. The molecule has 1 unspecified atom stereocenters. The number of hydrogen-bond acceptors (Lipinski definition) is 6. The van der Waals surface area contributed by atoms with Crippen LogP contribution in [0.3, 0.4) is 0 Å². The van der Waals surface area contributed by atoms with Crippen LogP contribution in [0.4, 0.5) is 0 Å². The molecule has 6 nitrogen and oxygen atoms in total. The van der Waals surface area contributed by atoms with Crippen molar-refractivity contribution in [2.75, 3.05) is 13.2 Å². The summed E-state index contributed by atoms with van der Waals surface area (Å²) in [7, 11) is 0. The Morgan fingerprint density at radius 2 is 0.462 bits per heavy atom. The highest BCUT2D eigenvalue weighted by Gasteiger charge is 2.19. The van der Waals surface area contributed by atoms with Crippen LogP contribution in [-0.2, 0) is 28.6 Å². The molecule has 0 aromatic carbocycles. The largest absolute Gasteiger partial charge is 0.462 e. The highest BCUT2D eigenvalue weighted by molar-refractivity contribution is 5.71. The van der Waals surface area contributed by atoms with Crippen molar-refractivity contribution in [3.8, 4) is 0 Å². The van der Waals surface area contributed by atoms with Gasteiger partial charge in [0.15, 0.2) is 6.10 Å². The topological polar surface area (TPSA) is 78.9 Å². The molecule has 0 aliphatic carbocycles. The first-order valence-electron chi connectivity index (χ1n) is 35.0. The SMILES string of the molecule is CCCCC/C=C\C/C=C\C/C=C\CCCCCCCCC(=O)OC(COC(=O)CCCCCCCCC)COC(=O)CCCCCCCCCCCCCCCCCCCCCCCCCCCCCCCCCCCC. The molecule has 0 aromatic rings. The molecule has 0 aromatic heterocycles. The summed E-state index contributed by atoms with van der Waals surface area (Å²) in [6.45, 7) is 6.62. The third-order valence-electron chi connectivity index (χ3n) is 15.9. The first-order chi connectivity index (χ1) is 38.5. The van der Waals surface area contributed by atoms with Crippen LogP contribution in [-0.4, -0.2) is 37.2 Å². The zero-order valence-corrected chi connectivity index (χ0v) is 52.7. The van der Waals surface area contributed by atoms with Crippen LogP contribution in [0.5, 0.6) is 0 Å². The van der Waals surface area contributed by atoms with E-state index in [0.717, 1.165) is 77.0 Å². The number of carbonyl (C=O) groups is 3. The number of carbonyl (C=O) groups excluding carboxylic acids is 3. The van der Waals surface area contributed by atoms with Crippen molar-refractivity contribution < 1.29 is 28.6 Å². The lowest BCUT2D eigenvalue weighted by Crippen LogP contribution is -2.30. The molecular formula is C72H134O6. The van der Waals surface area contributed by atoms with Crippen molar-refractivity contribution in [3.63, 3.8) is 0 Å². The highest BCUT2D eigenvalue weighted by Crippen LogP contribution is 2.19. The number of allylic oxidation sites excluding steroid dienone is 6. The van der Waals surface area contributed by atoms with Gasteiger partial charge in [0.2, 0.25) is 0 Å². The van der Waals surface area contributed by atoms with Gasteiger partial charge in [-0.25, -0.2) is 0 Å². The fraction of sp³-hybridized carbons (Fsp3) is 0.875. The van der Waals surface area contributed by atoms with Crippen LogP contribution in [0.2, 0.25) is 0 Å². The summed E-state index contributed by atoms with van der Waals surface area (Å²) in [6.07, 6.45) is 83.6. The predicted molar refractivity (Wildman–Crippen MR) is 339 cm³/mol. The molecular weight excluding hydrogens is 961 g/mol. The van der Waals surface area contributed by atoms with Gasteiger partial charge in [-0.05, 0) is 57.8 Å². The molecule has 0 spiro atoms. The van der Waals surface area contributed by atoms with Gasteiger partial charge in [0.1, 0.15) is 13.2 Å². The number of ether oxygens (including phenoxy) is 3. The Bertz CT molecular complexity index is 1300. The standard InChI is InChI=1S/C72H134O6/c1-4-7-10-13-16-18-20-22-24-26-28-29-30-31-32-33-34-35-36-37-38-39-40-41-42-44-45-47-49-51-53-56-59-62-65-71(74)77-68-69(67-76-70(73)64-61-58-55-15-12-9-6-3)78-72(75)66-63-60-57-54-52-50-48-46-43-27-25-23-21-19-17-14-11-8-5-2/h17,19,23,25,43,46,69H,4-16,18,20-22,24,26-42,44-45,47-68H2,1-3H3/b19-17-,25-23-,46-43-. The first kappa shape index (κ1) is 75.6. The molecule has 1 atom stereocenters. The molecule has 458 valence electrons. The van der Waals surface area contributed by atoms with E-state index in [-0.39, 0.29) is 31.1 Å². The van der Waals surface area contributed by atoms with Crippen LogP contribution in [0, 0.1) is 0 Å². The van der Waals surface area contributed by atoms with Crippen molar-refractivity contribution in [1.29, 1.82) is 0 Å². The normalized spacial score (nSPS) is 12.2. The minimum Gasteiger partial charge on any atom is -0.462 e. The van der Waals surface area contributed by atoms with E-state index >= 15 is 0 Å². The number of unbranched alkanes of at least 4 members (excludes halogenated alkanes) is 48. The van der Waals surface area contributed by atoms with Crippen molar-refractivity contribution >= 4 is 17.9 Å². The second-order valence-corrected chi connectivity index (χ2v) is 23.8. The summed E-state index contributed by atoms with van der Waals surface area (Å²) in [5.74, 6) is -0.871. The van der Waals surface area contributed by atoms with Crippen LogP contribution in [0.1, 0.15) is 387 Å². The zero-order chi connectivity index (χ0) is 56.4. The molecule has 0 bridgehead atoms. The van der Waals surface area contributed by atoms with Gasteiger partial charge in [0.05, 0.1) is 0 Å². The molecule has 0 heterocycles. The van der Waals surface area contributed by atoms with E-state index < -0.39 is 6.10 Å². The fourth-order valence-electron chi connectivity index (χ4n) is 10.6. The third kappa shape index (κ3) is 64.5. The maximum atomic E-state index is 12.9. The molecule has 0 aliphatic rings. The monoisotopic (exact) mass is 1100 g/mol. The van der Waals surface area contributed by atoms with Gasteiger partial charge in [0, 0.05) is 19.3 Å². The van der Waals surface area contributed by atoms with Gasteiger partial charge in [-0.15, -0.1) is 0 Å². The predicted octanol–water partition coefficient (Wildman–Crippen LogP) is 23.9. The van der Waals surface area contributed by atoms with Gasteiger partial charge in [-0.2, -0.15) is 0 Å². The van der Waals surface area contributed by atoms with Gasteiger partial charge >= 0.3 is 17.9 Å². The Labute approximate surface area is 486 Å². The van der Waals surface area contributed by atoms with Gasteiger partial charge in [0.25, 0.3) is 0 Å². The molecule has 0 amide bonds. The maximum Gasteiger partial charge on any atom is 0.306 e. The van der Waals surface area contributed by atoms with Crippen LogP contribution in [0.25, 0.3) is 0 Å². The summed E-state index contributed by atoms with van der Waals surface area (Å²) in [5.41, 5.74) is 0. The smallest absolute Gasteiger partial charge is 0.306 e. The zero-order valence-electron chi connectivity index (χ0n) is 52.7. The van der Waals surface area contributed by atoms with Gasteiger partial charge in [-0.1, -0.05) is 346 Å². The lowest BCUT2D eigenvalue weighted by Gasteiger charge is -2.18. The molecule has 0 rings (SSSR count). The van der Waals surface area contributed by atoms with E-state index in [4.69, 9.17) is 14.2 Å². The average molecular weight is 1100 g/mol. The van der Waals surface area contributed by atoms with E-state index in [1.807, 2.05) is 0 Å². The summed E-state index contributed by atoms with van der Waals surface area (Å²) in [5, 5.41) is 0. The Hall–Kier alpha value is -2.37. The maximum absolute atomic E-state index is 12.9. The van der Waals surface area contributed by atoms with Crippen LogP contribution >= 0.6 is 0 Å². The summed E-state index contributed by atoms with van der Waals surface area (Å²) < 4.78 is 16.9. The van der Waals surface area contributed by atoms with Crippen molar-refractivity contribution in [2.45, 2.75) is 393 Å². The van der Waals surface area contributed by atoms with Crippen LogP contribution in [0.15, 0.2) is 36.5 Å². The summed E-state index contributed by atoms with van der Waals surface area (Å²) in [4.78, 5) is 38.1. The van der Waals surface area contributed by atoms with Gasteiger partial charge < -0.3 is 14.2 Å². The molecule has 0 aliphatic heterocycles. The molecule has 0 fully saturated rings. The van der Waals surface area contributed by atoms with E-state index in [1.54, 1.807) is 0 Å². The minimum absolute atomic E-state index is 0.0732.